The third-order valence-electron chi connectivity index (χ3n) is 6.81. The predicted molar refractivity (Wildman–Crippen MR) is 129 cm³/mol. The van der Waals surface area contributed by atoms with Crippen molar-refractivity contribution in [3.8, 4) is 11.9 Å². The number of hydrogen-bond donors (Lipinski definition) is 0. The monoisotopic (exact) mass is 500 g/mol. The van der Waals surface area contributed by atoms with Gasteiger partial charge in [0, 0.05) is 57.2 Å². The second-order valence-corrected chi connectivity index (χ2v) is 9.77. The van der Waals surface area contributed by atoms with E-state index < -0.39 is 0 Å². The minimum atomic E-state index is -0.255. The maximum atomic E-state index is 13.4. The molecule has 0 N–H and O–H groups in total. The Kier molecular flexibility index (Phi) is 7.30. The molecule has 178 valence electrons. The zero-order valence-corrected chi connectivity index (χ0v) is 20.6. The molecule has 2 saturated heterocycles. The number of carbonyl (C=O) groups is 2. The molecule has 0 saturated carbocycles. The fourth-order valence-corrected chi connectivity index (χ4v) is 5.19. The van der Waals surface area contributed by atoms with E-state index in [1.54, 1.807) is 23.1 Å². The SMILES string of the molecule is CC(=O)N1CCC(C(=O)N2CC([C@H](C)Oc3ccc(C#N)cn3)[C@@H](c3ccc(Cl)c(Cl)c3)C2)C1. The van der Waals surface area contributed by atoms with Crippen LogP contribution in [0.3, 0.4) is 0 Å². The van der Waals surface area contributed by atoms with Crippen molar-refractivity contribution >= 4 is 35.0 Å². The second kappa shape index (κ2) is 10.2. The highest BCUT2D eigenvalue weighted by Crippen LogP contribution is 2.39. The molecule has 0 radical (unpaired) electrons. The maximum Gasteiger partial charge on any atom is 0.227 e. The summed E-state index contributed by atoms with van der Waals surface area (Å²) >= 11 is 12.4. The van der Waals surface area contributed by atoms with E-state index in [4.69, 9.17) is 33.2 Å². The first-order valence-electron chi connectivity index (χ1n) is 11.3. The number of carbonyl (C=O) groups excluding carboxylic acids is 2. The van der Waals surface area contributed by atoms with Crippen LogP contribution in [0.4, 0.5) is 0 Å². The normalized spacial score (nSPS) is 23.0. The van der Waals surface area contributed by atoms with E-state index in [0.29, 0.717) is 54.1 Å². The van der Waals surface area contributed by atoms with Gasteiger partial charge in [-0.3, -0.25) is 9.59 Å². The summed E-state index contributed by atoms with van der Waals surface area (Å²) in [4.78, 5) is 32.9. The number of rotatable bonds is 5. The minimum absolute atomic E-state index is 0.000204. The molecule has 0 spiro atoms. The van der Waals surface area contributed by atoms with E-state index in [2.05, 4.69) is 4.98 Å². The Morgan fingerprint density at radius 3 is 2.56 bits per heavy atom. The van der Waals surface area contributed by atoms with Crippen LogP contribution in [0.5, 0.6) is 5.88 Å². The highest BCUT2D eigenvalue weighted by Gasteiger charge is 2.43. The first kappa shape index (κ1) is 24.3. The lowest BCUT2D eigenvalue weighted by atomic mass is 9.86. The van der Waals surface area contributed by atoms with Gasteiger partial charge in [-0.15, -0.1) is 0 Å². The van der Waals surface area contributed by atoms with Crippen molar-refractivity contribution in [1.29, 1.82) is 5.26 Å². The number of ether oxygens (including phenoxy) is 1. The van der Waals surface area contributed by atoms with Gasteiger partial charge in [0.15, 0.2) is 0 Å². The zero-order valence-electron chi connectivity index (χ0n) is 19.1. The van der Waals surface area contributed by atoms with Gasteiger partial charge in [-0.1, -0.05) is 29.3 Å². The Morgan fingerprint density at radius 2 is 1.94 bits per heavy atom. The lowest BCUT2D eigenvalue weighted by Gasteiger charge is -2.25. The lowest BCUT2D eigenvalue weighted by Crippen LogP contribution is -2.37. The van der Waals surface area contributed by atoms with Gasteiger partial charge < -0.3 is 14.5 Å². The van der Waals surface area contributed by atoms with Crippen molar-refractivity contribution in [2.24, 2.45) is 11.8 Å². The summed E-state index contributed by atoms with van der Waals surface area (Å²) in [5.41, 5.74) is 1.46. The number of nitriles is 1. The molecule has 2 unspecified atom stereocenters. The van der Waals surface area contributed by atoms with Crippen LogP contribution in [-0.4, -0.2) is 58.9 Å². The van der Waals surface area contributed by atoms with E-state index in [1.165, 1.54) is 13.1 Å². The molecule has 0 bridgehead atoms. The van der Waals surface area contributed by atoms with Crippen molar-refractivity contribution in [3.63, 3.8) is 0 Å². The van der Waals surface area contributed by atoms with Crippen LogP contribution in [0.25, 0.3) is 0 Å². The van der Waals surface area contributed by atoms with Crippen LogP contribution in [-0.2, 0) is 9.59 Å². The molecule has 1 aromatic heterocycles. The van der Waals surface area contributed by atoms with Crippen LogP contribution >= 0.6 is 23.2 Å². The zero-order chi connectivity index (χ0) is 24.4. The topological polar surface area (TPSA) is 86.5 Å². The largest absolute Gasteiger partial charge is 0.474 e. The maximum absolute atomic E-state index is 13.4. The quantitative estimate of drug-likeness (QED) is 0.615. The Hall–Kier alpha value is -2.82. The molecular weight excluding hydrogens is 475 g/mol. The van der Waals surface area contributed by atoms with Gasteiger partial charge in [0.1, 0.15) is 12.2 Å². The van der Waals surface area contributed by atoms with Gasteiger partial charge in [-0.25, -0.2) is 4.98 Å². The number of amides is 2. The van der Waals surface area contributed by atoms with Crippen molar-refractivity contribution in [2.45, 2.75) is 32.3 Å². The summed E-state index contributed by atoms with van der Waals surface area (Å²) < 4.78 is 6.14. The van der Waals surface area contributed by atoms with Gasteiger partial charge in [0.2, 0.25) is 17.7 Å². The summed E-state index contributed by atoms with van der Waals surface area (Å²) in [6.07, 6.45) is 1.90. The van der Waals surface area contributed by atoms with Gasteiger partial charge in [-0.2, -0.15) is 5.26 Å². The third kappa shape index (κ3) is 5.13. The number of pyridine rings is 1. The average molecular weight is 501 g/mol. The van der Waals surface area contributed by atoms with Gasteiger partial charge in [0.05, 0.1) is 21.5 Å². The van der Waals surface area contributed by atoms with E-state index in [1.807, 2.05) is 30.0 Å². The van der Waals surface area contributed by atoms with E-state index in [0.717, 1.165) is 5.56 Å². The van der Waals surface area contributed by atoms with Crippen molar-refractivity contribution in [2.75, 3.05) is 26.2 Å². The third-order valence-corrected chi connectivity index (χ3v) is 7.55. The molecule has 3 heterocycles. The molecular formula is C25H26Cl2N4O3. The number of nitrogens with zero attached hydrogens (tertiary/aromatic N) is 4. The van der Waals surface area contributed by atoms with E-state index in [9.17, 15) is 9.59 Å². The summed E-state index contributed by atoms with van der Waals surface area (Å²) in [6.45, 7) is 5.65. The van der Waals surface area contributed by atoms with Crippen LogP contribution in [0, 0.1) is 23.2 Å². The summed E-state index contributed by atoms with van der Waals surface area (Å²) in [5.74, 6) is 0.298. The number of benzene rings is 1. The molecule has 34 heavy (non-hydrogen) atoms. The second-order valence-electron chi connectivity index (χ2n) is 8.96. The van der Waals surface area contributed by atoms with E-state index >= 15 is 0 Å². The fourth-order valence-electron chi connectivity index (χ4n) is 4.88. The molecule has 2 aliphatic heterocycles. The van der Waals surface area contributed by atoms with E-state index in [-0.39, 0.29) is 35.7 Å². The predicted octanol–water partition coefficient (Wildman–Crippen LogP) is 4.14. The fraction of sp³-hybridized carbons (Fsp3) is 0.440. The van der Waals surface area contributed by atoms with Crippen molar-refractivity contribution in [3.05, 3.63) is 57.7 Å². The molecule has 0 aliphatic carbocycles. The van der Waals surface area contributed by atoms with Gasteiger partial charge in [-0.05, 0) is 37.1 Å². The standard InChI is InChI=1S/C25H26Cl2N4O3/c1-15(34-24-6-3-17(10-28)11-29-24)20-13-31(25(33)19-7-8-30(12-19)16(2)32)14-21(20)18-4-5-22(26)23(27)9-18/h3-6,9,11,15,19-21H,7-8,12-14H2,1-2H3/t15-,19?,20?,21+/m0/s1. The number of likely N-dealkylation sites (tertiary alicyclic amines) is 2. The first-order chi connectivity index (χ1) is 16.3. The molecule has 4 rings (SSSR count). The van der Waals surface area contributed by atoms with Crippen LogP contribution in [0.15, 0.2) is 36.5 Å². The number of aromatic nitrogens is 1. The minimum Gasteiger partial charge on any atom is -0.474 e. The van der Waals surface area contributed by atoms with Crippen molar-refractivity contribution in [1.82, 2.24) is 14.8 Å². The highest BCUT2D eigenvalue weighted by molar-refractivity contribution is 6.42. The first-order valence-corrected chi connectivity index (χ1v) is 12.0. The smallest absolute Gasteiger partial charge is 0.227 e. The Morgan fingerprint density at radius 1 is 1.15 bits per heavy atom. The summed E-state index contributed by atoms with van der Waals surface area (Å²) in [5, 5.41) is 9.94. The van der Waals surface area contributed by atoms with Gasteiger partial charge in [0.25, 0.3) is 0 Å². The number of halogens is 2. The molecule has 9 heteroatoms. The number of hydrogen-bond acceptors (Lipinski definition) is 5. The molecule has 1 aromatic carbocycles. The molecule has 2 fully saturated rings. The lowest BCUT2D eigenvalue weighted by molar-refractivity contribution is -0.134. The van der Waals surface area contributed by atoms with Crippen LogP contribution in [0.1, 0.15) is 37.3 Å². The summed E-state index contributed by atoms with van der Waals surface area (Å²) in [6, 6.07) is 11.0. The van der Waals surface area contributed by atoms with Crippen LogP contribution < -0.4 is 4.74 Å². The molecule has 2 aliphatic rings. The Labute approximate surface area is 209 Å². The molecule has 2 amide bonds. The van der Waals surface area contributed by atoms with Crippen molar-refractivity contribution < 1.29 is 14.3 Å². The molecule has 4 atom stereocenters. The van der Waals surface area contributed by atoms with Crippen LogP contribution in [0.2, 0.25) is 10.0 Å². The average Bonchev–Trinajstić information content (AvgIpc) is 3.49. The highest BCUT2D eigenvalue weighted by atomic mass is 35.5. The molecule has 2 aromatic rings. The summed E-state index contributed by atoms with van der Waals surface area (Å²) in [7, 11) is 0. The van der Waals surface area contributed by atoms with Gasteiger partial charge >= 0.3 is 0 Å². The Balaban J connectivity index is 1.55. The Bertz CT molecular complexity index is 1120. The molecule has 7 nitrogen and oxygen atoms in total.